The van der Waals surface area contributed by atoms with E-state index in [1.165, 1.54) is 18.4 Å². The highest BCUT2D eigenvalue weighted by atomic mass is 79.9. The van der Waals surface area contributed by atoms with Gasteiger partial charge in [-0.15, -0.1) is 0 Å². The van der Waals surface area contributed by atoms with Crippen LogP contribution >= 0.6 is 15.9 Å². The highest BCUT2D eigenvalue weighted by Gasteiger charge is 2.27. The number of hydrogen-bond acceptors (Lipinski definition) is 2. The molecule has 4 heteroatoms. The summed E-state index contributed by atoms with van der Waals surface area (Å²) >= 11 is 3.49. The molecule has 0 unspecified atom stereocenters. The topological polar surface area (TPSA) is 30.2 Å². The molecule has 0 saturated heterocycles. The van der Waals surface area contributed by atoms with Gasteiger partial charge < -0.3 is 0 Å². The molecule has 2 heterocycles. The molecule has 1 saturated carbocycles. The second-order valence-corrected chi connectivity index (χ2v) is 4.71. The molecular weight excluding hydrogens is 242 g/mol. The number of aryl methyl sites for hydroxylation is 1. The second-order valence-electron chi connectivity index (χ2n) is 3.85. The van der Waals surface area contributed by atoms with E-state index in [-0.39, 0.29) is 0 Å². The number of halogens is 1. The molecule has 0 aliphatic heterocycles. The van der Waals surface area contributed by atoms with Gasteiger partial charge in [0.15, 0.2) is 11.5 Å². The summed E-state index contributed by atoms with van der Waals surface area (Å²) < 4.78 is 2.93. The van der Waals surface area contributed by atoms with E-state index in [1.54, 1.807) is 0 Å². The Morgan fingerprint density at radius 3 is 3.00 bits per heavy atom. The van der Waals surface area contributed by atoms with Crippen LogP contribution < -0.4 is 0 Å². The van der Waals surface area contributed by atoms with Crippen molar-refractivity contribution in [2.24, 2.45) is 0 Å². The minimum atomic E-state index is 0.619. The Labute approximate surface area is 90.3 Å². The first-order valence-corrected chi connectivity index (χ1v) is 5.56. The second kappa shape index (κ2) is 2.79. The number of pyridine rings is 1. The van der Waals surface area contributed by atoms with E-state index in [0.717, 1.165) is 15.9 Å². The van der Waals surface area contributed by atoms with Crippen molar-refractivity contribution in [1.29, 1.82) is 0 Å². The summed E-state index contributed by atoms with van der Waals surface area (Å²) in [4.78, 5) is 4.51. The number of aromatic nitrogens is 3. The SMILES string of the molecule is Cc1cc2nc(C3CC3)nn2cc1Br. The van der Waals surface area contributed by atoms with Crippen molar-refractivity contribution < 1.29 is 0 Å². The average molecular weight is 252 g/mol. The van der Waals surface area contributed by atoms with Crippen LogP contribution in [0.4, 0.5) is 0 Å². The zero-order chi connectivity index (χ0) is 9.71. The maximum atomic E-state index is 4.51. The summed E-state index contributed by atoms with van der Waals surface area (Å²) in [6, 6.07) is 2.06. The first kappa shape index (κ1) is 8.41. The van der Waals surface area contributed by atoms with Gasteiger partial charge in [0.1, 0.15) is 0 Å². The molecule has 14 heavy (non-hydrogen) atoms. The average Bonchev–Trinajstić information content (AvgIpc) is 2.90. The van der Waals surface area contributed by atoms with Crippen molar-refractivity contribution in [2.75, 3.05) is 0 Å². The fourth-order valence-corrected chi connectivity index (χ4v) is 1.84. The van der Waals surface area contributed by atoms with Gasteiger partial charge in [0.25, 0.3) is 0 Å². The molecule has 2 aromatic rings. The summed E-state index contributed by atoms with van der Waals surface area (Å²) in [5.74, 6) is 1.62. The predicted molar refractivity (Wildman–Crippen MR) is 57.4 cm³/mol. The lowest BCUT2D eigenvalue weighted by Gasteiger charge is -1.96. The predicted octanol–water partition coefficient (Wildman–Crippen LogP) is 2.68. The number of rotatable bonds is 1. The first-order chi connectivity index (χ1) is 6.74. The molecule has 3 rings (SSSR count). The van der Waals surface area contributed by atoms with Gasteiger partial charge in [0, 0.05) is 16.6 Å². The smallest absolute Gasteiger partial charge is 0.155 e. The Hall–Kier alpha value is -0.900. The molecule has 1 aliphatic carbocycles. The maximum Gasteiger partial charge on any atom is 0.155 e. The van der Waals surface area contributed by atoms with E-state index in [1.807, 2.05) is 10.7 Å². The zero-order valence-corrected chi connectivity index (χ0v) is 9.45. The summed E-state index contributed by atoms with van der Waals surface area (Å²) in [6.45, 7) is 2.07. The minimum Gasteiger partial charge on any atom is -0.220 e. The van der Waals surface area contributed by atoms with E-state index in [9.17, 15) is 0 Å². The number of nitrogens with zero attached hydrogens (tertiary/aromatic N) is 3. The van der Waals surface area contributed by atoms with Gasteiger partial charge in [0.05, 0.1) is 0 Å². The highest BCUT2D eigenvalue weighted by molar-refractivity contribution is 9.10. The van der Waals surface area contributed by atoms with Gasteiger partial charge in [0.2, 0.25) is 0 Å². The van der Waals surface area contributed by atoms with Gasteiger partial charge in [-0.1, -0.05) is 0 Å². The third-order valence-corrected chi connectivity index (χ3v) is 3.40. The lowest BCUT2D eigenvalue weighted by Crippen LogP contribution is -1.89. The van der Waals surface area contributed by atoms with Crippen LogP contribution in [-0.2, 0) is 0 Å². The molecular formula is C10H10BrN3. The zero-order valence-electron chi connectivity index (χ0n) is 7.87. The third-order valence-electron chi connectivity index (χ3n) is 2.57. The molecule has 0 atom stereocenters. The van der Waals surface area contributed by atoms with E-state index in [4.69, 9.17) is 0 Å². The van der Waals surface area contributed by atoms with E-state index < -0.39 is 0 Å². The molecule has 1 aliphatic rings. The highest BCUT2D eigenvalue weighted by Crippen LogP contribution is 2.38. The van der Waals surface area contributed by atoms with Crippen molar-refractivity contribution >= 4 is 21.6 Å². The van der Waals surface area contributed by atoms with Crippen LogP contribution in [-0.4, -0.2) is 14.6 Å². The molecule has 2 aromatic heterocycles. The maximum absolute atomic E-state index is 4.51. The molecule has 3 nitrogen and oxygen atoms in total. The summed E-state index contributed by atoms with van der Waals surface area (Å²) in [5, 5.41) is 4.45. The summed E-state index contributed by atoms with van der Waals surface area (Å²) in [6.07, 6.45) is 4.47. The number of hydrogen-bond donors (Lipinski definition) is 0. The quantitative estimate of drug-likeness (QED) is 0.781. The van der Waals surface area contributed by atoms with Crippen LogP contribution in [0.1, 0.15) is 30.1 Å². The van der Waals surface area contributed by atoms with Crippen molar-refractivity contribution in [3.8, 4) is 0 Å². The van der Waals surface area contributed by atoms with E-state index in [0.29, 0.717) is 5.92 Å². The van der Waals surface area contributed by atoms with Crippen LogP contribution in [0.15, 0.2) is 16.7 Å². The third kappa shape index (κ3) is 1.25. The Morgan fingerprint density at radius 1 is 1.50 bits per heavy atom. The van der Waals surface area contributed by atoms with Crippen molar-refractivity contribution in [3.63, 3.8) is 0 Å². The Balaban J connectivity index is 2.22. The van der Waals surface area contributed by atoms with Gasteiger partial charge in [-0.2, -0.15) is 5.10 Å². The minimum absolute atomic E-state index is 0.619. The van der Waals surface area contributed by atoms with Crippen LogP contribution in [0.3, 0.4) is 0 Å². The van der Waals surface area contributed by atoms with Gasteiger partial charge >= 0.3 is 0 Å². The van der Waals surface area contributed by atoms with Crippen molar-refractivity contribution in [2.45, 2.75) is 25.7 Å². The fourth-order valence-electron chi connectivity index (χ4n) is 1.53. The van der Waals surface area contributed by atoms with Crippen molar-refractivity contribution in [3.05, 3.63) is 28.1 Å². The molecule has 0 spiro atoms. The Morgan fingerprint density at radius 2 is 2.29 bits per heavy atom. The monoisotopic (exact) mass is 251 g/mol. The van der Waals surface area contributed by atoms with Gasteiger partial charge in [-0.3, -0.25) is 0 Å². The molecule has 0 amide bonds. The molecule has 0 radical (unpaired) electrons. The molecule has 0 bridgehead atoms. The van der Waals surface area contributed by atoms with Crippen molar-refractivity contribution in [1.82, 2.24) is 14.6 Å². The first-order valence-electron chi connectivity index (χ1n) is 4.76. The molecule has 72 valence electrons. The summed E-state index contributed by atoms with van der Waals surface area (Å²) in [7, 11) is 0. The fraction of sp³-hybridized carbons (Fsp3) is 0.400. The molecule has 0 N–H and O–H groups in total. The number of fused-ring (bicyclic) bond motifs is 1. The lowest BCUT2D eigenvalue weighted by atomic mass is 10.3. The molecule has 1 fully saturated rings. The normalized spacial score (nSPS) is 16.4. The standard InChI is InChI=1S/C10H10BrN3/c1-6-4-9-12-10(7-2-3-7)13-14(9)5-8(6)11/h4-5,7H,2-3H2,1H3. The van der Waals surface area contributed by atoms with Crippen LogP contribution in [0.25, 0.3) is 5.65 Å². The van der Waals surface area contributed by atoms with Gasteiger partial charge in [-0.25, -0.2) is 9.50 Å². The van der Waals surface area contributed by atoms with Crippen LogP contribution in [0, 0.1) is 6.92 Å². The largest absolute Gasteiger partial charge is 0.220 e. The van der Waals surface area contributed by atoms with E-state index in [2.05, 4.69) is 39.0 Å². The Bertz CT molecular complexity index is 460. The summed E-state index contributed by atoms with van der Waals surface area (Å²) in [5.41, 5.74) is 2.15. The van der Waals surface area contributed by atoms with Gasteiger partial charge in [-0.05, 0) is 47.3 Å². The molecule has 0 aromatic carbocycles. The van der Waals surface area contributed by atoms with Crippen LogP contribution in [0.2, 0.25) is 0 Å². The van der Waals surface area contributed by atoms with E-state index >= 15 is 0 Å². The lowest BCUT2D eigenvalue weighted by molar-refractivity contribution is 0.875. The Kier molecular flexibility index (Phi) is 1.68. The van der Waals surface area contributed by atoms with Crippen LogP contribution in [0.5, 0.6) is 0 Å².